The van der Waals surface area contributed by atoms with Gasteiger partial charge in [-0.2, -0.15) is 0 Å². The molecule has 23 heavy (non-hydrogen) atoms. The summed E-state index contributed by atoms with van der Waals surface area (Å²) in [5, 5.41) is 0.877. The van der Waals surface area contributed by atoms with E-state index in [9.17, 15) is 9.18 Å². The molecule has 0 N–H and O–H groups in total. The molecule has 0 aliphatic heterocycles. The zero-order chi connectivity index (χ0) is 16.2. The zero-order valence-electron chi connectivity index (χ0n) is 12.5. The van der Waals surface area contributed by atoms with Crippen LogP contribution in [-0.2, 0) is 11.3 Å². The smallest absolute Gasteiger partial charge is 0.352 e. The summed E-state index contributed by atoms with van der Waals surface area (Å²) in [5.41, 5.74) is 0.830. The zero-order valence-corrected chi connectivity index (χ0v) is 13.4. The van der Waals surface area contributed by atoms with Crippen molar-refractivity contribution in [3.05, 3.63) is 64.8 Å². The quantitative estimate of drug-likeness (QED) is 0.631. The molecule has 0 aliphatic rings. The lowest BCUT2D eigenvalue weighted by atomic mass is 10.2. The van der Waals surface area contributed by atoms with Crippen LogP contribution in [0.15, 0.2) is 48.5 Å². The molecular formula is C18H15FO3S. The summed E-state index contributed by atoms with van der Waals surface area (Å²) in [6.07, 6.45) is 0. The summed E-state index contributed by atoms with van der Waals surface area (Å²) in [7, 11) is 0. The Morgan fingerprint density at radius 3 is 2.61 bits per heavy atom. The van der Waals surface area contributed by atoms with Crippen LogP contribution in [0.2, 0.25) is 0 Å². The van der Waals surface area contributed by atoms with E-state index in [1.807, 2.05) is 24.3 Å². The summed E-state index contributed by atoms with van der Waals surface area (Å²) in [4.78, 5) is 12.6. The number of rotatable bonds is 5. The highest BCUT2D eigenvalue weighted by atomic mass is 32.1. The number of hydrogen-bond donors (Lipinski definition) is 0. The Morgan fingerprint density at radius 2 is 1.87 bits per heavy atom. The number of fused-ring (bicyclic) bond motifs is 1. The van der Waals surface area contributed by atoms with E-state index in [0.717, 1.165) is 15.6 Å². The molecule has 0 saturated carbocycles. The maximum Gasteiger partial charge on any atom is 0.352 e. The molecule has 5 heteroatoms. The summed E-state index contributed by atoms with van der Waals surface area (Å²) >= 11 is 1.35. The Hall–Kier alpha value is -2.40. The van der Waals surface area contributed by atoms with Crippen molar-refractivity contribution in [3.8, 4) is 5.75 Å². The van der Waals surface area contributed by atoms with Gasteiger partial charge >= 0.3 is 5.97 Å². The van der Waals surface area contributed by atoms with Gasteiger partial charge in [0.15, 0.2) is 10.6 Å². The van der Waals surface area contributed by atoms with E-state index in [4.69, 9.17) is 9.47 Å². The van der Waals surface area contributed by atoms with E-state index >= 15 is 0 Å². The minimum Gasteiger partial charge on any atom is -0.486 e. The number of carbonyl (C=O) groups is 1. The van der Waals surface area contributed by atoms with Gasteiger partial charge in [-0.15, -0.1) is 11.3 Å². The maximum absolute atomic E-state index is 13.0. The number of hydrogen-bond acceptors (Lipinski definition) is 4. The fourth-order valence-corrected chi connectivity index (χ4v) is 3.27. The molecule has 0 saturated heterocycles. The van der Waals surface area contributed by atoms with Crippen LogP contribution in [0.4, 0.5) is 4.39 Å². The Kier molecular flexibility index (Phi) is 4.57. The van der Waals surface area contributed by atoms with Gasteiger partial charge in [0.25, 0.3) is 0 Å². The maximum atomic E-state index is 13.0. The second-order valence-electron chi connectivity index (χ2n) is 4.89. The topological polar surface area (TPSA) is 35.5 Å². The molecule has 0 aliphatic carbocycles. The van der Waals surface area contributed by atoms with Gasteiger partial charge in [0, 0.05) is 10.1 Å². The van der Waals surface area contributed by atoms with Gasteiger partial charge in [-0.25, -0.2) is 9.18 Å². The van der Waals surface area contributed by atoms with Gasteiger partial charge in [0.2, 0.25) is 0 Å². The van der Waals surface area contributed by atoms with E-state index in [-0.39, 0.29) is 18.4 Å². The molecule has 0 spiro atoms. The van der Waals surface area contributed by atoms with Gasteiger partial charge in [-0.05, 0) is 36.8 Å². The summed E-state index contributed by atoms with van der Waals surface area (Å²) in [5.74, 6) is -0.155. The molecule has 3 rings (SSSR count). The van der Waals surface area contributed by atoms with Crippen LogP contribution in [0.5, 0.6) is 5.75 Å². The van der Waals surface area contributed by atoms with E-state index in [2.05, 4.69) is 0 Å². The number of halogens is 1. The third kappa shape index (κ3) is 3.35. The fourth-order valence-electron chi connectivity index (χ4n) is 2.23. The van der Waals surface area contributed by atoms with Crippen molar-refractivity contribution in [2.75, 3.05) is 6.61 Å². The van der Waals surface area contributed by atoms with E-state index in [1.54, 1.807) is 19.1 Å². The standard InChI is InChI=1S/C18H15FO3S/c1-2-21-18(20)17-16(14-5-3-4-6-15(14)23-17)22-11-12-7-9-13(19)10-8-12/h3-10H,2,11H2,1H3. The monoisotopic (exact) mass is 330 g/mol. The van der Waals surface area contributed by atoms with Crippen LogP contribution in [0.3, 0.4) is 0 Å². The lowest BCUT2D eigenvalue weighted by molar-refractivity contribution is 0.0527. The molecule has 0 bridgehead atoms. The Balaban J connectivity index is 1.92. The van der Waals surface area contributed by atoms with Crippen molar-refractivity contribution >= 4 is 27.4 Å². The molecule has 1 aromatic heterocycles. The summed E-state index contributed by atoms with van der Waals surface area (Å²) in [6, 6.07) is 13.8. The molecule has 3 nitrogen and oxygen atoms in total. The van der Waals surface area contributed by atoms with Crippen LogP contribution in [0.1, 0.15) is 22.2 Å². The number of esters is 1. The average molecular weight is 330 g/mol. The average Bonchev–Trinajstić information content (AvgIpc) is 2.93. The minimum absolute atomic E-state index is 0.257. The minimum atomic E-state index is -0.386. The van der Waals surface area contributed by atoms with Crippen LogP contribution in [-0.4, -0.2) is 12.6 Å². The van der Waals surface area contributed by atoms with Gasteiger partial charge in [0.1, 0.15) is 12.4 Å². The van der Waals surface area contributed by atoms with Crippen LogP contribution >= 0.6 is 11.3 Å². The van der Waals surface area contributed by atoms with Gasteiger partial charge in [0.05, 0.1) is 6.61 Å². The second-order valence-corrected chi connectivity index (χ2v) is 5.94. The molecule has 0 atom stereocenters. The van der Waals surface area contributed by atoms with Crippen LogP contribution in [0.25, 0.3) is 10.1 Å². The first-order valence-electron chi connectivity index (χ1n) is 7.25. The van der Waals surface area contributed by atoms with Crippen molar-refractivity contribution < 1.29 is 18.7 Å². The molecule has 3 aromatic rings. The number of carbonyl (C=O) groups excluding carboxylic acids is 1. The first-order valence-corrected chi connectivity index (χ1v) is 8.06. The largest absolute Gasteiger partial charge is 0.486 e. The van der Waals surface area contributed by atoms with E-state index < -0.39 is 0 Å². The molecule has 0 fully saturated rings. The van der Waals surface area contributed by atoms with Crippen molar-refractivity contribution in [2.24, 2.45) is 0 Å². The molecule has 118 valence electrons. The summed E-state index contributed by atoms with van der Waals surface area (Å²) in [6.45, 7) is 2.34. The first-order chi connectivity index (χ1) is 11.2. The number of ether oxygens (including phenoxy) is 2. The fraction of sp³-hybridized carbons (Fsp3) is 0.167. The number of benzene rings is 2. The van der Waals surface area contributed by atoms with Crippen LogP contribution in [0, 0.1) is 5.82 Å². The third-order valence-corrected chi connectivity index (χ3v) is 4.44. The predicted octanol–water partition coefficient (Wildman–Crippen LogP) is 4.80. The predicted molar refractivity (Wildman–Crippen MR) is 88.5 cm³/mol. The molecule has 0 amide bonds. The molecule has 2 aromatic carbocycles. The Bertz CT molecular complexity index is 824. The Labute approximate surface area is 137 Å². The second kappa shape index (κ2) is 6.79. The molecule has 0 unspecified atom stereocenters. The van der Waals surface area contributed by atoms with Crippen molar-refractivity contribution in [1.82, 2.24) is 0 Å². The molecular weight excluding hydrogens is 315 g/mol. The van der Waals surface area contributed by atoms with Gasteiger partial charge in [-0.1, -0.05) is 24.3 Å². The van der Waals surface area contributed by atoms with Gasteiger partial charge in [-0.3, -0.25) is 0 Å². The lowest BCUT2D eigenvalue weighted by Gasteiger charge is -2.08. The third-order valence-electron chi connectivity index (χ3n) is 3.31. The SMILES string of the molecule is CCOC(=O)c1sc2ccccc2c1OCc1ccc(F)cc1. The first kappa shape index (κ1) is 15.5. The van der Waals surface area contributed by atoms with Crippen molar-refractivity contribution in [3.63, 3.8) is 0 Å². The number of thiophene rings is 1. The highest BCUT2D eigenvalue weighted by molar-refractivity contribution is 7.21. The highest BCUT2D eigenvalue weighted by Gasteiger charge is 2.20. The van der Waals surface area contributed by atoms with Crippen molar-refractivity contribution in [1.29, 1.82) is 0 Å². The lowest BCUT2D eigenvalue weighted by Crippen LogP contribution is -2.05. The van der Waals surface area contributed by atoms with Crippen LogP contribution < -0.4 is 4.74 Å². The summed E-state index contributed by atoms with van der Waals surface area (Å²) < 4.78 is 24.9. The normalized spacial score (nSPS) is 10.7. The van der Waals surface area contributed by atoms with Crippen molar-refractivity contribution in [2.45, 2.75) is 13.5 Å². The Morgan fingerprint density at radius 1 is 1.13 bits per heavy atom. The van der Waals surface area contributed by atoms with E-state index in [0.29, 0.717) is 17.2 Å². The molecule has 1 heterocycles. The molecule has 0 radical (unpaired) electrons. The highest BCUT2D eigenvalue weighted by Crippen LogP contribution is 2.38. The van der Waals surface area contributed by atoms with E-state index in [1.165, 1.54) is 23.5 Å². The van der Waals surface area contributed by atoms with Gasteiger partial charge < -0.3 is 9.47 Å².